The van der Waals surface area contributed by atoms with Gasteiger partial charge in [0, 0.05) is 34.1 Å². The molecular weight excluding hydrogens is 797 g/mol. The van der Waals surface area contributed by atoms with Gasteiger partial charge < -0.3 is 9.80 Å². The van der Waals surface area contributed by atoms with Crippen molar-refractivity contribution < 1.29 is 0 Å². The number of nitrogens with zero attached hydrogens (tertiary/aromatic N) is 4. The molecule has 9 rings (SSSR count). The van der Waals surface area contributed by atoms with E-state index < -0.39 is 0 Å². The minimum absolute atomic E-state index is 0.369. The van der Waals surface area contributed by atoms with Gasteiger partial charge in [0.25, 0.3) is 0 Å². The van der Waals surface area contributed by atoms with Gasteiger partial charge in [0.15, 0.2) is 0 Å². The Bertz CT molecular complexity index is 3160. The highest BCUT2D eigenvalue weighted by Crippen LogP contribution is 2.40. The molecule has 8 aromatic rings. The summed E-state index contributed by atoms with van der Waals surface area (Å²) in [4.78, 5) is 4.54. The van der Waals surface area contributed by atoms with E-state index in [1.807, 2.05) is 62.4 Å². The van der Waals surface area contributed by atoms with Gasteiger partial charge in [-0.25, -0.2) is 0 Å². The third-order valence-electron chi connectivity index (χ3n) is 11.3. The molecule has 0 fully saturated rings. The highest BCUT2D eigenvalue weighted by atomic mass is 15.3. The molecule has 316 valence electrons. The molecule has 1 aliphatic carbocycles. The highest BCUT2D eigenvalue weighted by Gasteiger charge is 2.16. The molecular formula is C57H48N8. The Morgan fingerprint density at radius 3 is 1.43 bits per heavy atom. The van der Waals surface area contributed by atoms with Gasteiger partial charge in [0.2, 0.25) is 0 Å². The van der Waals surface area contributed by atoms with E-state index in [0.29, 0.717) is 22.8 Å². The van der Waals surface area contributed by atoms with Crippen LogP contribution in [0.3, 0.4) is 0 Å². The van der Waals surface area contributed by atoms with Crippen LogP contribution in [0.1, 0.15) is 20.3 Å². The van der Waals surface area contributed by atoms with Gasteiger partial charge in [0.1, 0.15) is 5.71 Å². The summed E-state index contributed by atoms with van der Waals surface area (Å²) >= 11 is 0. The first-order valence-corrected chi connectivity index (χ1v) is 21.7. The molecule has 8 heteroatoms. The number of nitrogens with one attached hydrogen (secondary N) is 4. The number of rotatable bonds is 14. The maximum atomic E-state index is 8.25. The molecule has 8 nitrogen and oxygen atoms in total. The zero-order valence-electron chi connectivity index (χ0n) is 36.3. The molecule has 0 unspecified atom stereocenters. The van der Waals surface area contributed by atoms with Crippen molar-refractivity contribution >= 4 is 89.9 Å². The summed E-state index contributed by atoms with van der Waals surface area (Å²) in [6.45, 7) is 3.89. The lowest BCUT2D eigenvalue weighted by Crippen LogP contribution is -2.12. The van der Waals surface area contributed by atoms with Crippen molar-refractivity contribution in [2.24, 2.45) is 10.2 Å². The second-order valence-corrected chi connectivity index (χ2v) is 15.7. The van der Waals surface area contributed by atoms with E-state index in [1.54, 1.807) is 12.2 Å². The Kier molecular flexibility index (Phi) is 12.3. The van der Waals surface area contributed by atoms with Gasteiger partial charge in [0.05, 0.1) is 28.5 Å². The molecule has 0 heterocycles. The molecule has 0 saturated heterocycles. The SMILES string of the molecule is CC/C=C\C(=N)/C(C)=N\Nc1ccc(N(c2ccc(-c3ccc(N(c4ccc(N/N=C5/C=CC=CC5=N)cc4)c4ccc5ccccc5c4)cc3)cc2)c2ccc3ccccc3c2)cc1. The Hall–Kier alpha value is -8.62. The van der Waals surface area contributed by atoms with E-state index in [0.717, 1.165) is 63.0 Å². The standard InChI is InChI=1S/C57H48N8/c1-3-4-15-55(58)40(2)60-61-47-24-34-51(35-25-47)64(53-32-22-41-11-5-7-13-45(41)38-53)49-28-18-43(19-29-49)44-20-30-50(31-21-44)65(54-33-23-42-12-6-8-14-46(42)39-54)52-36-26-48(27-37-52)62-63-57-17-10-9-16-56(57)59/h4-39,58-59,61-62H,3H2,1-2H3/b15-4-,58-55?,59-56?,60-40-,63-57-. The fraction of sp³-hybridized carbons (Fsp3) is 0.0526. The lowest BCUT2D eigenvalue weighted by molar-refractivity contribution is 1.23. The summed E-state index contributed by atoms with van der Waals surface area (Å²) in [6, 6.07) is 63.9. The first-order valence-electron chi connectivity index (χ1n) is 21.7. The van der Waals surface area contributed by atoms with Crippen LogP contribution in [0, 0.1) is 10.8 Å². The fourth-order valence-corrected chi connectivity index (χ4v) is 7.76. The van der Waals surface area contributed by atoms with E-state index in [2.05, 4.69) is 189 Å². The average Bonchev–Trinajstić information content (AvgIpc) is 3.36. The van der Waals surface area contributed by atoms with Crippen LogP contribution in [0.4, 0.5) is 45.5 Å². The Labute approximate surface area is 379 Å². The summed E-state index contributed by atoms with van der Waals surface area (Å²) in [5.41, 5.74) is 18.3. The number of fused-ring (bicyclic) bond motifs is 2. The summed E-state index contributed by atoms with van der Waals surface area (Å²) in [7, 11) is 0. The van der Waals surface area contributed by atoms with Gasteiger partial charge >= 0.3 is 0 Å². The van der Waals surface area contributed by atoms with Crippen LogP contribution in [-0.4, -0.2) is 22.8 Å². The highest BCUT2D eigenvalue weighted by molar-refractivity contribution is 6.50. The number of hydrazone groups is 2. The van der Waals surface area contributed by atoms with E-state index in [1.165, 1.54) is 21.5 Å². The summed E-state index contributed by atoms with van der Waals surface area (Å²) in [5.74, 6) is 0. The third kappa shape index (κ3) is 9.57. The monoisotopic (exact) mass is 844 g/mol. The van der Waals surface area contributed by atoms with Crippen LogP contribution >= 0.6 is 0 Å². The largest absolute Gasteiger partial charge is 0.310 e. The number of allylic oxidation sites excluding steroid dienone is 6. The minimum Gasteiger partial charge on any atom is -0.310 e. The molecule has 0 spiro atoms. The van der Waals surface area contributed by atoms with Crippen LogP contribution in [0.15, 0.2) is 229 Å². The van der Waals surface area contributed by atoms with Crippen molar-refractivity contribution in [3.63, 3.8) is 0 Å². The van der Waals surface area contributed by atoms with Crippen LogP contribution < -0.4 is 20.7 Å². The van der Waals surface area contributed by atoms with Crippen molar-refractivity contribution in [3.8, 4) is 11.1 Å². The van der Waals surface area contributed by atoms with Crippen molar-refractivity contribution in [3.05, 3.63) is 218 Å². The second kappa shape index (κ2) is 19.2. The quantitative estimate of drug-likeness (QED) is 0.0497. The van der Waals surface area contributed by atoms with Crippen molar-refractivity contribution in [2.75, 3.05) is 20.7 Å². The van der Waals surface area contributed by atoms with Gasteiger partial charge in [-0.2, -0.15) is 10.2 Å². The number of anilines is 8. The van der Waals surface area contributed by atoms with Crippen LogP contribution in [0.5, 0.6) is 0 Å². The van der Waals surface area contributed by atoms with Crippen molar-refractivity contribution in [1.82, 2.24) is 0 Å². The number of hydrogen-bond donors (Lipinski definition) is 4. The predicted octanol–water partition coefficient (Wildman–Crippen LogP) is 15.3. The number of hydrogen-bond acceptors (Lipinski definition) is 8. The zero-order chi connectivity index (χ0) is 44.5. The Morgan fingerprint density at radius 2 is 0.954 bits per heavy atom. The second-order valence-electron chi connectivity index (χ2n) is 15.7. The fourth-order valence-electron chi connectivity index (χ4n) is 7.76. The topological polar surface area (TPSA) is 103 Å². The third-order valence-corrected chi connectivity index (χ3v) is 11.3. The molecule has 0 radical (unpaired) electrons. The maximum Gasteiger partial charge on any atom is 0.108 e. The summed E-state index contributed by atoms with van der Waals surface area (Å²) < 4.78 is 0. The maximum absolute atomic E-state index is 8.25. The van der Waals surface area contributed by atoms with E-state index in [4.69, 9.17) is 10.8 Å². The lowest BCUT2D eigenvalue weighted by Gasteiger charge is -2.27. The molecule has 0 saturated carbocycles. The molecule has 0 bridgehead atoms. The molecule has 0 aliphatic heterocycles. The molecule has 8 aromatic carbocycles. The molecule has 1 aliphatic rings. The van der Waals surface area contributed by atoms with E-state index >= 15 is 0 Å². The molecule has 65 heavy (non-hydrogen) atoms. The Balaban J connectivity index is 0.998. The van der Waals surface area contributed by atoms with Gasteiger partial charge in [-0.15, -0.1) is 0 Å². The Morgan fingerprint density at radius 1 is 0.523 bits per heavy atom. The van der Waals surface area contributed by atoms with Crippen molar-refractivity contribution in [2.45, 2.75) is 20.3 Å². The lowest BCUT2D eigenvalue weighted by atomic mass is 10.0. The van der Waals surface area contributed by atoms with Gasteiger partial charge in [-0.05, 0) is 161 Å². The first kappa shape index (κ1) is 41.7. The molecule has 0 aromatic heterocycles. The average molecular weight is 845 g/mol. The van der Waals surface area contributed by atoms with Crippen LogP contribution in [0.2, 0.25) is 0 Å². The van der Waals surface area contributed by atoms with Crippen molar-refractivity contribution in [1.29, 1.82) is 10.8 Å². The molecule has 0 amide bonds. The van der Waals surface area contributed by atoms with Gasteiger partial charge in [-0.3, -0.25) is 21.7 Å². The number of benzene rings is 8. The molecule has 4 N–H and O–H groups in total. The minimum atomic E-state index is 0.369. The first-order chi connectivity index (χ1) is 31.9. The molecule has 0 atom stereocenters. The van der Waals surface area contributed by atoms with Crippen LogP contribution in [0.25, 0.3) is 32.7 Å². The van der Waals surface area contributed by atoms with E-state index in [-0.39, 0.29) is 0 Å². The van der Waals surface area contributed by atoms with Crippen LogP contribution in [-0.2, 0) is 0 Å². The summed E-state index contributed by atoms with van der Waals surface area (Å²) in [5, 5.41) is 30.0. The zero-order valence-corrected chi connectivity index (χ0v) is 36.3. The normalized spacial score (nSPS) is 13.2. The predicted molar refractivity (Wildman–Crippen MR) is 277 cm³/mol. The summed E-state index contributed by atoms with van der Waals surface area (Å²) in [6.07, 6.45) is 11.9. The van der Waals surface area contributed by atoms with E-state index in [9.17, 15) is 0 Å². The van der Waals surface area contributed by atoms with Gasteiger partial charge in [-0.1, -0.05) is 110 Å². The smallest absolute Gasteiger partial charge is 0.108 e.